The lowest BCUT2D eigenvalue weighted by Crippen LogP contribution is -2.37. The summed E-state index contributed by atoms with van der Waals surface area (Å²) in [7, 11) is 3.95. The molecule has 0 heterocycles. The van der Waals surface area contributed by atoms with Crippen LogP contribution in [0.1, 0.15) is 13.8 Å². The molecule has 0 aliphatic carbocycles. The van der Waals surface area contributed by atoms with E-state index >= 15 is 0 Å². The Labute approximate surface area is 103 Å². The summed E-state index contributed by atoms with van der Waals surface area (Å²) in [5.74, 6) is -0.0578. The van der Waals surface area contributed by atoms with E-state index < -0.39 is 5.41 Å². The van der Waals surface area contributed by atoms with E-state index in [2.05, 4.69) is 5.32 Å². The van der Waals surface area contributed by atoms with Crippen molar-refractivity contribution in [3.05, 3.63) is 24.3 Å². The minimum atomic E-state index is -0.541. The number of benzene rings is 1. The van der Waals surface area contributed by atoms with Crippen molar-refractivity contribution in [3.8, 4) is 0 Å². The molecule has 0 unspecified atom stereocenters. The van der Waals surface area contributed by atoms with Crippen LogP contribution >= 0.6 is 0 Å². The minimum Gasteiger partial charge on any atom is -0.378 e. The predicted octanol–water partition coefficient (Wildman–Crippen LogP) is 1.68. The van der Waals surface area contributed by atoms with Gasteiger partial charge in [0.25, 0.3) is 0 Å². The minimum absolute atomic E-state index is 0.0578. The molecule has 4 heteroatoms. The largest absolute Gasteiger partial charge is 0.378 e. The molecule has 0 saturated heterocycles. The summed E-state index contributed by atoms with van der Waals surface area (Å²) in [6, 6.07) is 7.70. The fraction of sp³-hybridized carbons (Fsp3) is 0.462. The van der Waals surface area contributed by atoms with E-state index in [1.807, 2.05) is 57.1 Å². The molecule has 1 aromatic rings. The van der Waals surface area contributed by atoms with Crippen molar-refractivity contribution in [1.82, 2.24) is 0 Å². The van der Waals surface area contributed by atoms with Crippen LogP contribution in [-0.4, -0.2) is 26.5 Å². The van der Waals surface area contributed by atoms with Gasteiger partial charge >= 0.3 is 0 Å². The molecule has 0 radical (unpaired) electrons. The van der Waals surface area contributed by atoms with Crippen LogP contribution in [0.4, 0.5) is 11.4 Å². The zero-order valence-electron chi connectivity index (χ0n) is 10.9. The van der Waals surface area contributed by atoms with Crippen LogP contribution < -0.4 is 16.0 Å². The maximum atomic E-state index is 11.9. The summed E-state index contributed by atoms with van der Waals surface area (Å²) < 4.78 is 0. The van der Waals surface area contributed by atoms with Gasteiger partial charge in [-0.25, -0.2) is 0 Å². The predicted molar refractivity (Wildman–Crippen MR) is 72.2 cm³/mol. The molecule has 4 nitrogen and oxygen atoms in total. The summed E-state index contributed by atoms with van der Waals surface area (Å²) in [6.07, 6.45) is 0. The van der Waals surface area contributed by atoms with Gasteiger partial charge in [-0.15, -0.1) is 0 Å². The lowest BCUT2D eigenvalue weighted by Gasteiger charge is -2.21. The van der Waals surface area contributed by atoms with E-state index in [4.69, 9.17) is 5.73 Å². The molecule has 1 aromatic carbocycles. The highest BCUT2D eigenvalue weighted by atomic mass is 16.2. The van der Waals surface area contributed by atoms with E-state index in [1.54, 1.807) is 0 Å². The Morgan fingerprint density at radius 2 is 1.82 bits per heavy atom. The molecule has 94 valence electrons. The van der Waals surface area contributed by atoms with Crippen molar-refractivity contribution >= 4 is 17.3 Å². The van der Waals surface area contributed by atoms with E-state index in [0.717, 1.165) is 11.4 Å². The van der Waals surface area contributed by atoms with Crippen LogP contribution in [0.15, 0.2) is 24.3 Å². The standard InChI is InChI=1S/C13H21N3O/c1-13(2,9-14)12(17)15-10-5-7-11(8-6-10)16(3)4/h5-8H,9,14H2,1-4H3,(H,15,17). The fourth-order valence-electron chi connectivity index (χ4n) is 1.24. The number of carbonyl (C=O) groups is 1. The van der Waals surface area contributed by atoms with Crippen molar-refractivity contribution in [3.63, 3.8) is 0 Å². The van der Waals surface area contributed by atoms with Crippen molar-refractivity contribution < 1.29 is 4.79 Å². The molecule has 3 N–H and O–H groups in total. The monoisotopic (exact) mass is 235 g/mol. The van der Waals surface area contributed by atoms with E-state index in [1.165, 1.54) is 0 Å². The van der Waals surface area contributed by atoms with Gasteiger partial charge in [-0.1, -0.05) is 0 Å². The molecular weight excluding hydrogens is 214 g/mol. The van der Waals surface area contributed by atoms with Crippen molar-refractivity contribution in [2.24, 2.45) is 11.1 Å². The second kappa shape index (κ2) is 5.19. The van der Waals surface area contributed by atoms with Crippen LogP contribution in [0.5, 0.6) is 0 Å². The first kappa shape index (κ1) is 13.5. The maximum absolute atomic E-state index is 11.9. The second-order valence-electron chi connectivity index (χ2n) is 4.98. The molecule has 1 rings (SSSR count). The number of nitrogens with zero attached hydrogens (tertiary/aromatic N) is 1. The Bertz CT molecular complexity index is 382. The van der Waals surface area contributed by atoms with Gasteiger partial charge in [-0.3, -0.25) is 4.79 Å². The van der Waals surface area contributed by atoms with Crippen LogP contribution in [0.2, 0.25) is 0 Å². The van der Waals surface area contributed by atoms with Gasteiger partial charge in [-0.05, 0) is 38.1 Å². The maximum Gasteiger partial charge on any atom is 0.231 e. The van der Waals surface area contributed by atoms with Gasteiger partial charge < -0.3 is 16.0 Å². The van der Waals surface area contributed by atoms with Gasteiger partial charge in [0.2, 0.25) is 5.91 Å². The van der Waals surface area contributed by atoms with Gasteiger partial charge in [-0.2, -0.15) is 0 Å². The highest BCUT2D eigenvalue weighted by molar-refractivity contribution is 5.95. The summed E-state index contributed by atoms with van der Waals surface area (Å²) in [6.45, 7) is 3.99. The molecule has 0 fully saturated rings. The molecule has 0 saturated carbocycles. The average Bonchev–Trinajstić information content (AvgIpc) is 2.29. The molecule has 0 spiro atoms. The fourth-order valence-corrected chi connectivity index (χ4v) is 1.24. The number of amides is 1. The summed E-state index contributed by atoms with van der Waals surface area (Å²) in [5.41, 5.74) is 6.91. The molecule has 0 aliphatic heterocycles. The molecule has 0 aromatic heterocycles. The Hall–Kier alpha value is -1.55. The molecule has 17 heavy (non-hydrogen) atoms. The lowest BCUT2D eigenvalue weighted by atomic mass is 9.92. The Morgan fingerprint density at radius 3 is 2.24 bits per heavy atom. The van der Waals surface area contributed by atoms with Crippen molar-refractivity contribution in [2.75, 3.05) is 30.9 Å². The summed E-state index contributed by atoms with van der Waals surface area (Å²) in [4.78, 5) is 13.9. The highest BCUT2D eigenvalue weighted by Crippen LogP contribution is 2.19. The normalized spacial score (nSPS) is 11.1. The number of rotatable bonds is 4. The summed E-state index contributed by atoms with van der Waals surface area (Å²) >= 11 is 0. The van der Waals surface area contributed by atoms with Crippen molar-refractivity contribution in [2.45, 2.75) is 13.8 Å². The van der Waals surface area contributed by atoms with E-state index in [9.17, 15) is 4.79 Å². The van der Waals surface area contributed by atoms with Crippen LogP contribution in [-0.2, 0) is 4.79 Å². The quantitative estimate of drug-likeness (QED) is 0.834. The van der Waals surface area contributed by atoms with Crippen LogP contribution in [0, 0.1) is 5.41 Å². The smallest absolute Gasteiger partial charge is 0.231 e. The molecule has 0 bridgehead atoms. The number of nitrogens with one attached hydrogen (secondary N) is 1. The number of nitrogens with two attached hydrogens (primary N) is 1. The Morgan fingerprint density at radius 1 is 1.29 bits per heavy atom. The third-order valence-corrected chi connectivity index (χ3v) is 2.77. The lowest BCUT2D eigenvalue weighted by molar-refractivity contribution is -0.123. The van der Waals surface area contributed by atoms with Crippen LogP contribution in [0.3, 0.4) is 0 Å². The topological polar surface area (TPSA) is 58.4 Å². The van der Waals surface area contributed by atoms with E-state index in [-0.39, 0.29) is 5.91 Å². The van der Waals surface area contributed by atoms with Gasteiger partial charge in [0, 0.05) is 32.0 Å². The van der Waals surface area contributed by atoms with Gasteiger partial charge in [0.15, 0.2) is 0 Å². The third-order valence-electron chi connectivity index (χ3n) is 2.77. The highest BCUT2D eigenvalue weighted by Gasteiger charge is 2.25. The van der Waals surface area contributed by atoms with Crippen LogP contribution in [0.25, 0.3) is 0 Å². The first-order chi connectivity index (χ1) is 7.86. The molecule has 0 atom stereocenters. The van der Waals surface area contributed by atoms with E-state index in [0.29, 0.717) is 6.54 Å². The number of carbonyl (C=O) groups excluding carboxylic acids is 1. The second-order valence-corrected chi connectivity index (χ2v) is 4.98. The Balaban J connectivity index is 2.73. The van der Waals surface area contributed by atoms with Gasteiger partial charge in [0.05, 0.1) is 5.41 Å². The molecule has 1 amide bonds. The van der Waals surface area contributed by atoms with Gasteiger partial charge in [0.1, 0.15) is 0 Å². The summed E-state index contributed by atoms with van der Waals surface area (Å²) in [5, 5.41) is 2.86. The number of anilines is 2. The zero-order valence-corrected chi connectivity index (χ0v) is 10.9. The first-order valence-corrected chi connectivity index (χ1v) is 5.66. The number of hydrogen-bond donors (Lipinski definition) is 2. The average molecular weight is 235 g/mol. The third kappa shape index (κ3) is 3.46. The SMILES string of the molecule is CN(C)c1ccc(NC(=O)C(C)(C)CN)cc1. The first-order valence-electron chi connectivity index (χ1n) is 5.66. The molecular formula is C13H21N3O. The molecule has 0 aliphatic rings. The van der Waals surface area contributed by atoms with Crippen molar-refractivity contribution in [1.29, 1.82) is 0 Å². The zero-order chi connectivity index (χ0) is 13.1. The Kier molecular flexibility index (Phi) is 4.12. The number of hydrogen-bond acceptors (Lipinski definition) is 3.